The number of carbonyl (C=O) groups excluding carboxylic acids is 1. The maximum Gasteiger partial charge on any atom is 0.422 e. The maximum absolute atomic E-state index is 12.6. The Bertz CT molecular complexity index is 486. The largest absolute Gasteiger partial charge is 0.449 e. The lowest BCUT2D eigenvalue weighted by Gasteiger charge is -2.07. The average molecular weight is 262 g/mol. The molecule has 0 aliphatic heterocycles. The summed E-state index contributed by atoms with van der Waals surface area (Å²) in [5, 5.41) is 0. The summed E-state index contributed by atoms with van der Waals surface area (Å²) in [6, 6.07) is 4.15. The molecule has 0 heterocycles. The molecule has 1 amide bonds. The lowest BCUT2D eigenvalue weighted by Crippen LogP contribution is -2.41. The Kier molecular flexibility index (Phi) is 4.41. The number of carbonyl (C=O) groups is 1. The minimum Gasteiger partial charge on any atom is -0.449 e. The molecule has 0 aliphatic carbocycles. The van der Waals surface area contributed by atoms with E-state index in [9.17, 15) is 17.6 Å². The molecule has 1 aromatic carbocycles. The lowest BCUT2D eigenvalue weighted by molar-refractivity contribution is 0.150. The van der Waals surface area contributed by atoms with E-state index in [1.807, 2.05) is 5.43 Å². The van der Waals surface area contributed by atoms with Crippen molar-refractivity contribution in [3.63, 3.8) is 0 Å². The number of hydrogen-bond donors (Lipinski definition) is 2. The Morgan fingerprint density at radius 3 is 2.47 bits per heavy atom. The van der Waals surface area contributed by atoms with Gasteiger partial charge in [-0.15, -0.1) is 4.83 Å². The van der Waals surface area contributed by atoms with E-state index in [1.54, 1.807) is 11.8 Å². The molecule has 1 aromatic rings. The molecular weight excluding hydrogens is 251 g/mol. The van der Waals surface area contributed by atoms with Crippen LogP contribution >= 0.6 is 0 Å². The SMILES string of the molecule is CCOC(=O)NNS(=O)(=O)c1ccc(F)cc1. The van der Waals surface area contributed by atoms with E-state index in [4.69, 9.17) is 0 Å². The number of sulfonamides is 1. The number of benzene rings is 1. The first-order valence-electron chi connectivity index (χ1n) is 4.66. The van der Waals surface area contributed by atoms with Crippen molar-refractivity contribution >= 4 is 16.1 Å². The summed E-state index contributed by atoms with van der Waals surface area (Å²) in [6.07, 6.45) is -0.918. The van der Waals surface area contributed by atoms with Gasteiger partial charge in [-0.05, 0) is 31.2 Å². The van der Waals surface area contributed by atoms with Gasteiger partial charge in [0.25, 0.3) is 10.0 Å². The molecule has 94 valence electrons. The fourth-order valence-electron chi connectivity index (χ4n) is 0.949. The number of nitrogens with one attached hydrogen (secondary N) is 2. The summed E-state index contributed by atoms with van der Waals surface area (Å²) < 4.78 is 40.1. The van der Waals surface area contributed by atoms with Crippen molar-refractivity contribution < 1.29 is 22.3 Å². The van der Waals surface area contributed by atoms with Gasteiger partial charge in [0.15, 0.2) is 0 Å². The first kappa shape index (κ1) is 13.4. The second-order valence-corrected chi connectivity index (χ2v) is 4.59. The number of hydrogen-bond acceptors (Lipinski definition) is 4. The first-order valence-corrected chi connectivity index (χ1v) is 6.14. The highest BCUT2D eigenvalue weighted by molar-refractivity contribution is 7.89. The lowest BCUT2D eigenvalue weighted by atomic mass is 10.4. The highest BCUT2D eigenvalue weighted by Gasteiger charge is 2.14. The van der Waals surface area contributed by atoms with Crippen LogP contribution in [0.15, 0.2) is 29.2 Å². The fraction of sp³-hybridized carbons (Fsp3) is 0.222. The Morgan fingerprint density at radius 1 is 1.35 bits per heavy atom. The Morgan fingerprint density at radius 2 is 1.94 bits per heavy atom. The van der Waals surface area contributed by atoms with Crippen molar-refractivity contribution in [2.75, 3.05) is 6.61 Å². The third-order valence-electron chi connectivity index (χ3n) is 1.69. The standard InChI is InChI=1S/C9H11FN2O4S/c1-2-16-9(13)11-12-17(14,15)8-5-3-7(10)4-6-8/h3-6,12H,2H2,1H3,(H,11,13). The molecule has 0 spiro atoms. The second-order valence-electron chi connectivity index (χ2n) is 2.90. The molecule has 1 rings (SSSR count). The van der Waals surface area contributed by atoms with Gasteiger partial charge in [-0.1, -0.05) is 0 Å². The van der Waals surface area contributed by atoms with Crippen molar-refractivity contribution in [3.8, 4) is 0 Å². The number of halogens is 1. The normalized spacial score (nSPS) is 10.9. The predicted octanol–water partition coefficient (Wildman–Crippen LogP) is 0.765. The van der Waals surface area contributed by atoms with E-state index >= 15 is 0 Å². The number of amides is 1. The predicted molar refractivity (Wildman–Crippen MR) is 56.9 cm³/mol. The second kappa shape index (κ2) is 5.60. The maximum atomic E-state index is 12.6. The van der Waals surface area contributed by atoms with E-state index < -0.39 is 21.9 Å². The molecule has 0 bridgehead atoms. The Labute approximate surface area is 97.8 Å². The molecule has 0 saturated carbocycles. The smallest absolute Gasteiger partial charge is 0.422 e. The van der Waals surface area contributed by atoms with Crippen LogP contribution in [0.5, 0.6) is 0 Å². The van der Waals surface area contributed by atoms with Crippen molar-refractivity contribution in [2.24, 2.45) is 0 Å². The van der Waals surface area contributed by atoms with Crippen molar-refractivity contribution in [3.05, 3.63) is 30.1 Å². The van der Waals surface area contributed by atoms with Gasteiger partial charge in [-0.25, -0.2) is 23.0 Å². The summed E-state index contributed by atoms with van der Waals surface area (Å²) in [7, 11) is -3.92. The van der Waals surface area contributed by atoms with Crippen LogP contribution in [0.4, 0.5) is 9.18 Å². The quantitative estimate of drug-likeness (QED) is 0.785. The van der Waals surface area contributed by atoms with Gasteiger partial charge in [0.05, 0.1) is 11.5 Å². The van der Waals surface area contributed by atoms with Crippen molar-refractivity contribution in [1.29, 1.82) is 0 Å². The van der Waals surface area contributed by atoms with Crippen LogP contribution in [0.3, 0.4) is 0 Å². The van der Waals surface area contributed by atoms with Gasteiger partial charge in [0.2, 0.25) is 0 Å². The molecule has 2 N–H and O–H groups in total. The molecule has 0 unspecified atom stereocenters. The van der Waals surface area contributed by atoms with E-state index in [-0.39, 0.29) is 11.5 Å². The van der Waals surface area contributed by atoms with E-state index in [1.165, 1.54) is 0 Å². The van der Waals surface area contributed by atoms with Crippen LogP contribution in [0.1, 0.15) is 6.92 Å². The zero-order valence-electron chi connectivity index (χ0n) is 8.94. The van der Waals surface area contributed by atoms with Gasteiger partial charge in [-0.2, -0.15) is 0 Å². The summed E-state index contributed by atoms with van der Waals surface area (Å²) in [5.41, 5.74) is 1.84. The number of hydrazine groups is 1. The van der Waals surface area contributed by atoms with Gasteiger partial charge in [-0.3, -0.25) is 0 Å². The van der Waals surface area contributed by atoms with Crippen LogP contribution < -0.4 is 10.3 Å². The molecule has 0 radical (unpaired) electrons. The van der Waals surface area contributed by atoms with Gasteiger partial charge in [0.1, 0.15) is 5.82 Å². The monoisotopic (exact) mass is 262 g/mol. The first-order chi connectivity index (χ1) is 7.95. The summed E-state index contributed by atoms with van der Waals surface area (Å²) >= 11 is 0. The van der Waals surface area contributed by atoms with Crippen molar-refractivity contribution in [2.45, 2.75) is 11.8 Å². The molecule has 0 fully saturated rings. The molecule has 0 aromatic heterocycles. The fourth-order valence-corrected chi connectivity index (χ4v) is 1.78. The van der Waals surface area contributed by atoms with Gasteiger partial charge < -0.3 is 4.74 Å². The molecule has 8 heteroatoms. The Hall–Kier alpha value is -1.67. The molecule has 0 saturated heterocycles. The molecule has 6 nitrogen and oxygen atoms in total. The molecule has 0 atom stereocenters. The molecule has 0 aliphatic rings. The van der Waals surface area contributed by atoms with Crippen LogP contribution in [-0.4, -0.2) is 21.1 Å². The van der Waals surface area contributed by atoms with Crippen LogP contribution in [0, 0.1) is 5.82 Å². The number of rotatable bonds is 4. The van der Waals surface area contributed by atoms with Gasteiger partial charge in [0, 0.05) is 0 Å². The summed E-state index contributed by atoms with van der Waals surface area (Å²) in [6.45, 7) is 1.69. The third-order valence-corrected chi connectivity index (χ3v) is 2.95. The zero-order valence-corrected chi connectivity index (χ0v) is 9.75. The molecule has 17 heavy (non-hydrogen) atoms. The highest BCUT2D eigenvalue weighted by Crippen LogP contribution is 2.08. The average Bonchev–Trinajstić information content (AvgIpc) is 2.28. The van der Waals surface area contributed by atoms with E-state index in [0.717, 1.165) is 24.3 Å². The van der Waals surface area contributed by atoms with E-state index in [0.29, 0.717) is 0 Å². The number of ether oxygens (including phenoxy) is 1. The minimum absolute atomic E-state index is 0.115. The summed E-state index contributed by atoms with van der Waals surface area (Å²) in [5.74, 6) is -0.553. The van der Waals surface area contributed by atoms with Crippen LogP contribution in [0.2, 0.25) is 0 Å². The van der Waals surface area contributed by atoms with Gasteiger partial charge >= 0.3 is 6.09 Å². The van der Waals surface area contributed by atoms with Crippen LogP contribution in [-0.2, 0) is 14.8 Å². The van der Waals surface area contributed by atoms with Crippen molar-refractivity contribution in [1.82, 2.24) is 10.3 Å². The third kappa shape index (κ3) is 4.00. The minimum atomic E-state index is -3.92. The topological polar surface area (TPSA) is 84.5 Å². The Balaban J connectivity index is 2.69. The molecular formula is C9H11FN2O4S. The summed E-state index contributed by atoms with van der Waals surface area (Å²) in [4.78, 5) is 12.5. The van der Waals surface area contributed by atoms with Crippen LogP contribution in [0.25, 0.3) is 0 Å². The highest BCUT2D eigenvalue weighted by atomic mass is 32.2. The zero-order chi connectivity index (χ0) is 12.9. The van der Waals surface area contributed by atoms with E-state index in [2.05, 4.69) is 4.74 Å².